The third-order valence-electron chi connectivity index (χ3n) is 4.11. The van der Waals surface area contributed by atoms with Crippen LogP contribution in [-0.2, 0) is 0 Å². The zero-order valence-electron chi connectivity index (χ0n) is 13.9. The largest absolute Gasteiger partial charge is 0.383 e. The summed E-state index contributed by atoms with van der Waals surface area (Å²) < 4.78 is 5.67. The van der Waals surface area contributed by atoms with Crippen molar-refractivity contribution in [2.24, 2.45) is 0 Å². The predicted octanol–water partition coefficient (Wildman–Crippen LogP) is 5.51. The third-order valence-corrected chi connectivity index (χ3v) is 5.23. The van der Waals surface area contributed by atoms with Gasteiger partial charge >= 0.3 is 0 Å². The predicted molar refractivity (Wildman–Crippen MR) is 103 cm³/mol. The zero-order chi connectivity index (χ0) is 18.1. The number of hydrogen-bond acceptors (Lipinski definition) is 5. The van der Waals surface area contributed by atoms with Crippen molar-refractivity contribution in [1.82, 2.24) is 10.1 Å². The highest BCUT2D eigenvalue weighted by atomic mass is 35.5. The van der Waals surface area contributed by atoms with Crippen LogP contribution in [0.5, 0.6) is 0 Å². The standard InChI is InChI=1S/C20H15ClN2O2S/c1-12-9-15(11-26-12)20-17(19(24)14-3-2-8-22-10-14)18(23-25-20)13-4-6-16(21)7-5-13/h2-11,19,24H,1H3. The summed E-state index contributed by atoms with van der Waals surface area (Å²) in [5.41, 5.74) is 3.63. The summed E-state index contributed by atoms with van der Waals surface area (Å²) >= 11 is 7.62. The van der Waals surface area contributed by atoms with Gasteiger partial charge in [-0.05, 0) is 31.2 Å². The smallest absolute Gasteiger partial charge is 0.174 e. The van der Waals surface area contributed by atoms with Gasteiger partial charge in [0, 0.05) is 44.4 Å². The van der Waals surface area contributed by atoms with Gasteiger partial charge in [0.15, 0.2) is 5.76 Å². The topological polar surface area (TPSA) is 59.2 Å². The lowest BCUT2D eigenvalue weighted by atomic mass is 9.95. The second kappa shape index (κ2) is 7.03. The Hall–Kier alpha value is -2.47. The molecule has 26 heavy (non-hydrogen) atoms. The first kappa shape index (κ1) is 17.0. The van der Waals surface area contributed by atoms with Crippen molar-refractivity contribution >= 4 is 22.9 Å². The molecule has 1 N–H and O–H groups in total. The van der Waals surface area contributed by atoms with Crippen LogP contribution in [0.25, 0.3) is 22.6 Å². The van der Waals surface area contributed by atoms with E-state index in [9.17, 15) is 5.11 Å². The van der Waals surface area contributed by atoms with Crippen LogP contribution in [0.15, 0.2) is 64.8 Å². The molecule has 0 radical (unpaired) electrons. The maximum Gasteiger partial charge on any atom is 0.174 e. The van der Waals surface area contributed by atoms with Crippen LogP contribution in [0.4, 0.5) is 0 Å². The van der Waals surface area contributed by atoms with Crippen molar-refractivity contribution in [3.8, 4) is 22.6 Å². The van der Waals surface area contributed by atoms with Crippen LogP contribution in [0.1, 0.15) is 22.1 Å². The minimum absolute atomic E-state index is 0.565. The summed E-state index contributed by atoms with van der Waals surface area (Å²) in [5.74, 6) is 0.565. The zero-order valence-corrected chi connectivity index (χ0v) is 15.5. The molecule has 0 fully saturated rings. The lowest BCUT2D eigenvalue weighted by Gasteiger charge is -2.12. The van der Waals surface area contributed by atoms with Gasteiger partial charge in [-0.15, -0.1) is 11.3 Å². The molecule has 4 nitrogen and oxygen atoms in total. The molecule has 1 atom stereocenters. The van der Waals surface area contributed by atoms with E-state index in [0.29, 0.717) is 27.6 Å². The highest BCUT2D eigenvalue weighted by Crippen LogP contribution is 2.40. The average molecular weight is 383 g/mol. The van der Waals surface area contributed by atoms with Gasteiger partial charge in [0.1, 0.15) is 11.8 Å². The van der Waals surface area contributed by atoms with Crippen molar-refractivity contribution in [3.63, 3.8) is 0 Å². The van der Waals surface area contributed by atoms with Crippen molar-refractivity contribution in [1.29, 1.82) is 0 Å². The molecule has 0 bridgehead atoms. The molecule has 0 aliphatic rings. The molecule has 4 rings (SSSR count). The van der Waals surface area contributed by atoms with Crippen LogP contribution < -0.4 is 0 Å². The highest BCUT2D eigenvalue weighted by Gasteiger charge is 2.27. The van der Waals surface area contributed by atoms with Crippen molar-refractivity contribution in [3.05, 3.63) is 81.3 Å². The quantitative estimate of drug-likeness (QED) is 0.505. The number of aliphatic hydroxyl groups excluding tert-OH is 1. The number of pyridine rings is 1. The summed E-state index contributed by atoms with van der Waals surface area (Å²) in [6, 6.07) is 13.0. The molecular weight excluding hydrogens is 368 g/mol. The van der Waals surface area contributed by atoms with Gasteiger partial charge in [0.2, 0.25) is 0 Å². The van der Waals surface area contributed by atoms with Gasteiger partial charge in [0.25, 0.3) is 0 Å². The number of thiophene rings is 1. The molecule has 0 amide bonds. The summed E-state index contributed by atoms with van der Waals surface area (Å²) in [6.07, 6.45) is 2.41. The Morgan fingerprint density at radius 2 is 1.96 bits per heavy atom. The fourth-order valence-corrected chi connectivity index (χ4v) is 3.65. The third kappa shape index (κ3) is 3.17. The Kier molecular flexibility index (Phi) is 4.59. The van der Waals surface area contributed by atoms with Crippen molar-refractivity contribution < 1.29 is 9.63 Å². The molecule has 0 saturated carbocycles. The summed E-state index contributed by atoms with van der Waals surface area (Å²) in [7, 11) is 0. The van der Waals surface area contributed by atoms with E-state index in [-0.39, 0.29) is 0 Å². The van der Waals surface area contributed by atoms with E-state index < -0.39 is 6.10 Å². The molecule has 0 aliphatic heterocycles. The fraction of sp³-hybridized carbons (Fsp3) is 0.100. The van der Waals surface area contributed by atoms with Gasteiger partial charge in [-0.3, -0.25) is 4.98 Å². The van der Waals surface area contributed by atoms with Crippen molar-refractivity contribution in [2.45, 2.75) is 13.0 Å². The minimum Gasteiger partial charge on any atom is -0.383 e. The number of hydrogen-bond donors (Lipinski definition) is 1. The number of nitrogens with zero attached hydrogens (tertiary/aromatic N) is 2. The Labute approximate surface area is 159 Å². The Morgan fingerprint density at radius 3 is 2.62 bits per heavy atom. The molecule has 0 aliphatic carbocycles. The van der Waals surface area contributed by atoms with E-state index in [1.807, 2.05) is 36.6 Å². The summed E-state index contributed by atoms with van der Waals surface area (Å²) in [6.45, 7) is 2.03. The Morgan fingerprint density at radius 1 is 1.15 bits per heavy atom. The van der Waals surface area contributed by atoms with E-state index in [4.69, 9.17) is 16.1 Å². The Bertz CT molecular complexity index is 1030. The minimum atomic E-state index is -0.907. The second-order valence-electron chi connectivity index (χ2n) is 5.92. The van der Waals surface area contributed by atoms with Gasteiger partial charge in [-0.25, -0.2) is 0 Å². The van der Waals surface area contributed by atoms with Crippen LogP contribution in [0.3, 0.4) is 0 Å². The van der Waals surface area contributed by atoms with Gasteiger partial charge in [-0.1, -0.05) is 35.0 Å². The first-order chi connectivity index (χ1) is 12.6. The van der Waals surface area contributed by atoms with Crippen LogP contribution in [-0.4, -0.2) is 15.2 Å². The monoisotopic (exact) mass is 382 g/mol. The molecular formula is C20H15ClN2O2S. The molecule has 0 saturated heterocycles. The maximum atomic E-state index is 11.1. The van der Waals surface area contributed by atoms with E-state index in [0.717, 1.165) is 16.0 Å². The van der Waals surface area contributed by atoms with E-state index in [1.54, 1.807) is 41.9 Å². The number of aryl methyl sites for hydroxylation is 1. The van der Waals surface area contributed by atoms with E-state index >= 15 is 0 Å². The number of halogens is 1. The van der Waals surface area contributed by atoms with Crippen LogP contribution in [0.2, 0.25) is 5.02 Å². The molecule has 4 aromatic rings. The highest BCUT2D eigenvalue weighted by molar-refractivity contribution is 7.10. The van der Waals surface area contributed by atoms with Crippen molar-refractivity contribution in [2.75, 3.05) is 0 Å². The Balaban J connectivity index is 1.90. The average Bonchev–Trinajstić information content (AvgIpc) is 3.28. The van der Waals surface area contributed by atoms with E-state index in [2.05, 4.69) is 10.1 Å². The first-order valence-electron chi connectivity index (χ1n) is 8.02. The number of rotatable bonds is 4. The molecule has 1 unspecified atom stereocenters. The fourth-order valence-electron chi connectivity index (χ4n) is 2.84. The molecule has 0 spiro atoms. The van der Waals surface area contributed by atoms with Gasteiger partial charge < -0.3 is 9.63 Å². The number of aromatic nitrogens is 2. The molecule has 6 heteroatoms. The molecule has 3 aromatic heterocycles. The lowest BCUT2D eigenvalue weighted by molar-refractivity contribution is 0.220. The SMILES string of the molecule is Cc1cc(-c2onc(-c3ccc(Cl)cc3)c2C(O)c2cccnc2)cs1. The first-order valence-corrected chi connectivity index (χ1v) is 9.28. The normalized spacial score (nSPS) is 12.3. The maximum absolute atomic E-state index is 11.1. The molecule has 1 aromatic carbocycles. The van der Waals surface area contributed by atoms with Gasteiger partial charge in [-0.2, -0.15) is 0 Å². The molecule has 130 valence electrons. The summed E-state index contributed by atoms with van der Waals surface area (Å²) in [4.78, 5) is 5.27. The van der Waals surface area contributed by atoms with Crippen LogP contribution >= 0.6 is 22.9 Å². The van der Waals surface area contributed by atoms with E-state index in [1.165, 1.54) is 0 Å². The lowest BCUT2D eigenvalue weighted by Crippen LogP contribution is -2.02. The van der Waals surface area contributed by atoms with Crippen LogP contribution in [0, 0.1) is 6.92 Å². The number of aliphatic hydroxyl groups is 1. The summed E-state index contributed by atoms with van der Waals surface area (Å²) in [5, 5.41) is 18.0. The van der Waals surface area contributed by atoms with Gasteiger partial charge in [0.05, 0.1) is 5.56 Å². The molecule has 3 heterocycles. The number of benzene rings is 1. The second-order valence-corrected chi connectivity index (χ2v) is 7.47.